The number of amides is 2. The molecule has 0 bridgehead atoms. The van der Waals surface area contributed by atoms with E-state index in [0.717, 1.165) is 5.56 Å². The first-order valence-electron chi connectivity index (χ1n) is 10.4. The van der Waals surface area contributed by atoms with Gasteiger partial charge >= 0.3 is 0 Å². The van der Waals surface area contributed by atoms with E-state index in [-0.39, 0.29) is 24.2 Å². The number of fused-ring (bicyclic) bond motifs is 2. The van der Waals surface area contributed by atoms with E-state index in [4.69, 9.17) is 11.6 Å². The normalized spacial score (nSPS) is 25.7. The second kappa shape index (κ2) is 7.67. The SMILES string of the molecule is O=C1C2CC(O)CN2C2(CN(Cc3cccc(F)c3)C2)C(=O)N1Cc1ccccc1Cl. The number of benzene rings is 2. The number of hydrogen-bond donors (Lipinski definition) is 1. The molecule has 31 heavy (non-hydrogen) atoms. The molecule has 0 radical (unpaired) electrons. The van der Waals surface area contributed by atoms with Crippen LogP contribution in [0.2, 0.25) is 5.02 Å². The highest BCUT2D eigenvalue weighted by atomic mass is 35.5. The van der Waals surface area contributed by atoms with Crippen LogP contribution in [0.5, 0.6) is 0 Å². The van der Waals surface area contributed by atoms with Gasteiger partial charge in [0.05, 0.1) is 18.7 Å². The van der Waals surface area contributed by atoms with Gasteiger partial charge in [0.25, 0.3) is 5.91 Å². The molecule has 5 rings (SSSR count). The molecule has 1 N–H and O–H groups in total. The zero-order valence-corrected chi connectivity index (χ0v) is 17.6. The van der Waals surface area contributed by atoms with Crippen LogP contribution in [0.15, 0.2) is 48.5 Å². The van der Waals surface area contributed by atoms with Crippen LogP contribution in [0, 0.1) is 5.82 Å². The van der Waals surface area contributed by atoms with Crippen LogP contribution in [0.3, 0.4) is 0 Å². The summed E-state index contributed by atoms with van der Waals surface area (Å²) in [4.78, 5) is 32.0. The Morgan fingerprint density at radius 2 is 1.87 bits per heavy atom. The van der Waals surface area contributed by atoms with Gasteiger partial charge in [0.15, 0.2) is 0 Å². The van der Waals surface area contributed by atoms with Crippen LogP contribution < -0.4 is 0 Å². The lowest BCUT2D eigenvalue weighted by Gasteiger charge is -2.58. The Labute approximate surface area is 184 Å². The maximum absolute atomic E-state index is 13.6. The third kappa shape index (κ3) is 3.46. The predicted molar refractivity (Wildman–Crippen MR) is 113 cm³/mol. The maximum Gasteiger partial charge on any atom is 0.252 e. The quantitative estimate of drug-likeness (QED) is 0.733. The summed E-state index contributed by atoms with van der Waals surface area (Å²) in [6.45, 7) is 1.79. The van der Waals surface area contributed by atoms with E-state index in [1.165, 1.54) is 17.0 Å². The third-order valence-corrected chi connectivity index (χ3v) is 6.94. The molecule has 2 amide bonds. The summed E-state index contributed by atoms with van der Waals surface area (Å²) in [5.41, 5.74) is 0.689. The number of hydrogen-bond acceptors (Lipinski definition) is 5. The number of imide groups is 1. The fourth-order valence-electron chi connectivity index (χ4n) is 5.14. The Morgan fingerprint density at radius 3 is 2.61 bits per heavy atom. The highest BCUT2D eigenvalue weighted by Gasteiger charge is 2.64. The number of β-amino-alcohol motifs (C(OH)–C–C–N with tert-alkyl or cyclic N) is 1. The number of piperazine rings is 1. The zero-order chi connectivity index (χ0) is 21.8. The number of nitrogens with zero attached hydrogens (tertiary/aromatic N) is 3. The van der Waals surface area contributed by atoms with E-state index in [2.05, 4.69) is 4.90 Å². The minimum atomic E-state index is -0.857. The van der Waals surface area contributed by atoms with Crippen LogP contribution >= 0.6 is 11.6 Å². The first-order valence-corrected chi connectivity index (χ1v) is 10.8. The second-order valence-electron chi connectivity index (χ2n) is 8.69. The van der Waals surface area contributed by atoms with Crippen molar-refractivity contribution in [2.24, 2.45) is 0 Å². The van der Waals surface area contributed by atoms with E-state index in [9.17, 15) is 19.1 Å². The number of carbonyl (C=O) groups is 2. The summed E-state index contributed by atoms with van der Waals surface area (Å²) in [6.07, 6.45) is -0.326. The average molecular weight is 444 g/mol. The third-order valence-electron chi connectivity index (χ3n) is 6.57. The molecule has 3 heterocycles. The number of halogens is 2. The molecule has 2 unspecified atom stereocenters. The van der Waals surface area contributed by atoms with Crippen molar-refractivity contribution in [1.29, 1.82) is 0 Å². The molecule has 0 aromatic heterocycles. The van der Waals surface area contributed by atoms with E-state index in [0.29, 0.717) is 43.2 Å². The minimum Gasteiger partial charge on any atom is -0.392 e. The molecule has 3 saturated heterocycles. The van der Waals surface area contributed by atoms with Crippen molar-refractivity contribution in [2.75, 3.05) is 19.6 Å². The van der Waals surface area contributed by atoms with Crippen LogP contribution in [-0.2, 0) is 22.7 Å². The molecule has 162 valence electrons. The molecule has 3 fully saturated rings. The minimum absolute atomic E-state index is 0.115. The molecule has 3 aliphatic rings. The maximum atomic E-state index is 13.6. The van der Waals surface area contributed by atoms with E-state index < -0.39 is 17.7 Å². The van der Waals surface area contributed by atoms with Crippen molar-refractivity contribution in [1.82, 2.24) is 14.7 Å². The van der Waals surface area contributed by atoms with Crippen molar-refractivity contribution in [3.05, 3.63) is 70.5 Å². The fraction of sp³-hybridized carbons (Fsp3) is 0.391. The summed E-state index contributed by atoms with van der Waals surface area (Å²) in [6, 6.07) is 13.1. The Hall–Kier alpha value is -2.32. The lowest BCUT2D eigenvalue weighted by molar-refractivity contribution is -0.181. The zero-order valence-electron chi connectivity index (χ0n) is 16.9. The van der Waals surface area contributed by atoms with Crippen molar-refractivity contribution < 1.29 is 19.1 Å². The molecule has 8 heteroatoms. The average Bonchev–Trinajstić information content (AvgIpc) is 3.10. The molecule has 3 aliphatic heterocycles. The van der Waals surface area contributed by atoms with Crippen LogP contribution in [0.25, 0.3) is 0 Å². The molecular weight excluding hydrogens is 421 g/mol. The Bertz CT molecular complexity index is 1040. The van der Waals surface area contributed by atoms with Crippen molar-refractivity contribution in [2.45, 2.75) is 37.2 Å². The molecular formula is C23H23ClFN3O3. The molecule has 1 spiro atoms. The number of carbonyl (C=O) groups excluding carboxylic acids is 2. The van der Waals surface area contributed by atoms with Gasteiger partial charge in [-0.25, -0.2) is 4.39 Å². The molecule has 2 aromatic carbocycles. The largest absolute Gasteiger partial charge is 0.392 e. The summed E-state index contributed by atoms with van der Waals surface area (Å²) in [7, 11) is 0. The summed E-state index contributed by atoms with van der Waals surface area (Å²) < 4.78 is 13.5. The van der Waals surface area contributed by atoms with Gasteiger partial charge in [-0.15, -0.1) is 0 Å². The summed E-state index contributed by atoms with van der Waals surface area (Å²) in [5.74, 6) is -0.824. The monoisotopic (exact) mass is 443 g/mol. The summed E-state index contributed by atoms with van der Waals surface area (Å²) in [5, 5.41) is 10.8. The van der Waals surface area contributed by atoms with Gasteiger partial charge in [-0.2, -0.15) is 0 Å². The topological polar surface area (TPSA) is 64.1 Å². The van der Waals surface area contributed by atoms with Gasteiger partial charge in [-0.1, -0.05) is 41.9 Å². The van der Waals surface area contributed by atoms with Crippen molar-refractivity contribution >= 4 is 23.4 Å². The van der Waals surface area contributed by atoms with E-state index in [1.807, 2.05) is 23.1 Å². The van der Waals surface area contributed by atoms with Crippen molar-refractivity contribution in [3.8, 4) is 0 Å². The first-order chi connectivity index (χ1) is 14.9. The number of rotatable bonds is 4. The number of likely N-dealkylation sites (tertiary alicyclic amines) is 1. The van der Waals surface area contributed by atoms with Gasteiger partial charge < -0.3 is 5.11 Å². The highest BCUT2D eigenvalue weighted by molar-refractivity contribution is 6.31. The standard InChI is InChI=1S/C23H23ClFN3O3/c24-19-7-2-1-5-16(19)11-27-21(30)20-9-18(29)12-28(20)23(22(27)31)13-26(14-23)10-15-4-3-6-17(25)8-15/h1-8,18,20,29H,9-14H2. The van der Waals surface area contributed by atoms with Gasteiger partial charge in [0.1, 0.15) is 11.4 Å². The smallest absolute Gasteiger partial charge is 0.252 e. The molecule has 0 saturated carbocycles. The van der Waals surface area contributed by atoms with E-state index >= 15 is 0 Å². The first kappa shape index (κ1) is 20.6. The molecule has 2 atom stereocenters. The number of aliphatic hydroxyl groups excluding tert-OH is 1. The Morgan fingerprint density at radius 1 is 1.10 bits per heavy atom. The lowest BCUT2D eigenvalue weighted by Crippen LogP contribution is -2.81. The highest BCUT2D eigenvalue weighted by Crippen LogP contribution is 2.41. The van der Waals surface area contributed by atoms with Gasteiger partial charge in [-0.3, -0.25) is 24.3 Å². The number of aliphatic hydroxyl groups is 1. The predicted octanol–water partition coefficient (Wildman–Crippen LogP) is 2.04. The molecule has 6 nitrogen and oxygen atoms in total. The van der Waals surface area contributed by atoms with Crippen LogP contribution in [0.1, 0.15) is 17.5 Å². The lowest BCUT2D eigenvalue weighted by atomic mass is 9.82. The second-order valence-corrected chi connectivity index (χ2v) is 9.09. The Balaban J connectivity index is 1.40. The van der Waals surface area contributed by atoms with Crippen molar-refractivity contribution in [3.63, 3.8) is 0 Å². The van der Waals surface area contributed by atoms with E-state index in [1.54, 1.807) is 18.2 Å². The summed E-state index contributed by atoms with van der Waals surface area (Å²) >= 11 is 6.28. The molecule has 0 aliphatic carbocycles. The van der Waals surface area contributed by atoms with Gasteiger partial charge in [0, 0.05) is 31.2 Å². The van der Waals surface area contributed by atoms with Crippen LogP contribution in [-0.4, -0.2) is 68.9 Å². The molecule has 2 aromatic rings. The fourth-order valence-corrected chi connectivity index (χ4v) is 5.33. The van der Waals surface area contributed by atoms with Gasteiger partial charge in [0.2, 0.25) is 5.91 Å². The Kier molecular flexibility index (Phi) is 5.09. The van der Waals surface area contributed by atoms with Crippen LogP contribution in [0.4, 0.5) is 4.39 Å². The van der Waals surface area contributed by atoms with Gasteiger partial charge in [-0.05, 0) is 35.7 Å².